The second-order valence-corrected chi connectivity index (χ2v) is 4.49. The quantitative estimate of drug-likeness (QED) is 0.665. The average Bonchev–Trinajstić information content (AvgIpc) is 2.42. The Morgan fingerprint density at radius 3 is 2.50 bits per heavy atom. The Bertz CT molecular complexity index is 479. The van der Waals surface area contributed by atoms with Crippen molar-refractivity contribution in [1.82, 2.24) is 5.32 Å². The van der Waals surface area contributed by atoms with Gasteiger partial charge in [0.1, 0.15) is 5.75 Å². The Kier molecular flexibility index (Phi) is 6.29. The van der Waals surface area contributed by atoms with Gasteiger partial charge in [0, 0.05) is 12.6 Å². The third-order valence-electron chi connectivity index (χ3n) is 2.83. The molecule has 1 unspecified atom stereocenters. The summed E-state index contributed by atoms with van der Waals surface area (Å²) in [5.74, 6) is -1.61. The summed E-state index contributed by atoms with van der Waals surface area (Å²) in [5.41, 5.74) is 0.779. The molecule has 108 valence electrons. The molecule has 5 heteroatoms. The molecule has 0 aliphatic carbocycles. The number of phenolic OH excluding ortho intramolecular Hbond substituents is 1. The highest BCUT2D eigenvalue weighted by atomic mass is 16.4. The molecular weight excluding hydrogens is 258 g/mol. The summed E-state index contributed by atoms with van der Waals surface area (Å²) >= 11 is 0. The third-order valence-corrected chi connectivity index (χ3v) is 2.83. The van der Waals surface area contributed by atoms with Crippen LogP contribution in [-0.4, -0.2) is 28.6 Å². The predicted octanol–water partition coefficient (Wildman–Crippen LogP) is 2.02. The second-order valence-electron chi connectivity index (χ2n) is 4.49. The molecule has 1 aromatic rings. The molecule has 1 atom stereocenters. The van der Waals surface area contributed by atoms with Gasteiger partial charge in [-0.2, -0.15) is 0 Å². The molecule has 20 heavy (non-hydrogen) atoms. The summed E-state index contributed by atoms with van der Waals surface area (Å²) < 4.78 is 0. The van der Waals surface area contributed by atoms with Crippen molar-refractivity contribution in [2.24, 2.45) is 5.92 Å². The lowest BCUT2D eigenvalue weighted by Crippen LogP contribution is -2.31. The van der Waals surface area contributed by atoms with Crippen LogP contribution >= 0.6 is 0 Å². The van der Waals surface area contributed by atoms with Crippen LogP contribution in [0, 0.1) is 5.92 Å². The van der Waals surface area contributed by atoms with Crippen molar-refractivity contribution in [3.8, 4) is 5.75 Å². The van der Waals surface area contributed by atoms with Gasteiger partial charge in [0.2, 0.25) is 5.91 Å². The Morgan fingerprint density at radius 2 is 1.95 bits per heavy atom. The Morgan fingerprint density at radius 1 is 1.30 bits per heavy atom. The molecule has 0 aliphatic rings. The van der Waals surface area contributed by atoms with Gasteiger partial charge in [-0.15, -0.1) is 0 Å². The molecule has 0 saturated carbocycles. The number of benzene rings is 1. The summed E-state index contributed by atoms with van der Waals surface area (Å²) in [7, 11) is 0. The number of rotatable bonds is 7. The fourth-order valence-corrected chi connectivity index (χ4v) is 1.70. The SMILES string of the molecule is CCCC(CNC(=O)C=Cc1ccc(O)cc1)C(=O)O. The molecule has 0 bridgehead atoms. The zero-order valence-electron chi connectivity index (χ0n) is 11.4. The zero-order valence-corrected chi connectivity index (χ0v) is 11.4. The van der Waals surface area contributed by atoms with E-state index in [9.17, 15) is 9.59 Å². The van der Waals surface area contributed by atoms with E-state index < -0.39 is 11.9 Å². The van der Waals surface area contributed by atoms with E-state index in [0.29, 0.717) is 6.42 Å². The van der Waals surface area contributed by atoms with Crippen LogP contribution in [0.2, 0.25) is 0 Å². The fraction of sp³-hybridized carbons (Fsp3) is 0.333. The van der Waals surface area contributed by atoms with E-state index in [4.69, 9.17) is 10.2 Å². The van der Waals surface area contributed by atoms with E-state index in [-0.39, 0.29) is 18.2 Å². The molecule has 1 rings (SSSR count). The number of carboxylic acids is 1. The van der Waals surface area contributed by atoms with Crippen molar-refractivity contribution in [1.29, 1.82) is 0 Å². The fourth-order valence-electron chi connectivity index (χ4n) is 1.70. The number of carboxylic acid groups (broad SMARTS) is 1. The van der Waals surface area contributed by atoms with Gasteiger partial charge in [0.15, 0.2) is 0 Å². The minimum Gasteiger partial charge on any atom is -0.508 e. The van der Waals surface area contributed by atoms with Crippen LogP contribution in [-0.2, 0) is 9.59 Å². The molecule has 0 radical (unpaired) electrons. The lowest BCUT2D eigenvalue weighted by atomic mass is 10.0. The number of carbonyl (C=O) groups excluding carboxylic acids is 1. The molecule has 0 saturated heterocycles. The Labute approximate surface area is 117 Å². The number of hydrogen-bond donors (Lipinski definition) is 3. The van der Waals surface area contributed by atoms with Crippen LogP contribution in [0.1, 0.15) is 25.3 Å². The van der Waals surface area contributed by atoms with Crippen molar-refractivity contribution >= 4 is 18.0 Å². The number of amides is 1. The van der Waals surface area contributed by atoms with Crippen LogP contribution in [0.4, 0.5) is 0 Å². The summed E-state index contributed by atoms with van der Waals surface area (Å²) in [6.07, 6.45) is 4.25. The summed E-state index contributed by atoms with van der Waals surface area (Å²) in [6, 6.07) is 6.41. The molecule has 5 nitrogen and oxygen atoms in total. The first kappa shape index (κ1) is 15.8. The van der Waals surface area contributed by atoms with Crippen LogP contribution in [0.15, 0.2) is 30.3 Å². The van der Waals surface area contributed by atoms with Crippen molar-refractivity contribution in [2.75, 3.05) is 6.54 Å². The predicted molar refractivity (Wildman–Crippen MR) is 76.2 cm³/mol. The van der Waals surface area contributed by atoms with Gasteiger partial charge in [-0.05, 0) is 30.2 Å². The van der Waals surface area contributed by atoms with Crippen molar-refractivity contribution in [3.63, 3.8) is 0 Å². The van der Waals surface area contributed by atoms with Gasteiger partial charge in [0.25, 0.3) is 0 Å². The highest BCUT2D eigenvalue weighted by Gasteiger charge is 2.16. The topological polar surface area (TPSA) is 86.6 Å². The lowest BCUT2D eigenvalue weighted by molar-refractivity contribution is -0.141. The molecular formula is C15H19NO4. The van der Waals surface area contributed by atoms with E-state index in [0.717, 1.165) is 12.0 Å². The largest absolute Gasteiger partial charge is 0.508 e. The highest BCUT2D eigenvalue weighted by Crippen LogP contribution is 2.10. The minimum atomic E-state index is -0.894. The molecule has 0 heterocycles. The van der Waals surface area contributed by atoms with Gasteiger partial charge in [0.05, 0.1) is 5.92 Å². The smallest absolute Gasteiger partial charge is 0.308 e. The van der Waals surface area contributed by atoms with Gasteiger partial charge in [-0.25, -0.2) is 0 Å². The maximum Gasteiger partial charge on any atom is 0.308 e. The van der Waals surface area contributed by atoms with Crippen molar-refractivity contribution < 1.29 is 19.8 Å². The Balaban J connectivity index is 2.46. The number of hydrogen-bond acceptors (Lipinski definition) is 3. The summed E-state index contributed by atoms with van der Waals surface area (Å²) in [4.78, 5) is 22.5. The average molecular weight is 277 g/mol. The minimum absolute atomic E-state index is 0.127. The van der Waals surface area contributed by atoms with E-state index in [1.807, 2.05) is 6.92 Å². The van der Waals surface area contributed by atoms with Crippen LogP contribution < -0.4 is 5.32 Å². The third kappa shape index (κ3) is 5.56. The molecule has 0 spiro atoms. The molecule has 3 N–H and O–H groups in total. The van der Waals surface area contributed by atoms with E-state index in [2.05, 4.69) is 5.32 Å². The Hall–Kier alpha value is -2.30. The second kappa shape index (κ2) is 7.99. The van der Waals surface area contributed by atoms with E-state index in [1.165, 1.54) is 18.2 Å². The summed E-state index contributed by atoms with van der Waals surface area (Å²) in [6.45, 7) is 2.03. The van der Waals surface area contributed by atoms with Gasteiger partial charge in [-0.3, -0.25) is 9.59 Å². The highest BCUT2D eigenvalue weighted by molar-refractivity contribution is 5.91. The van der Waals surface area contributed by atoms with Crippen LogP contribution in [0.3, 0.4) is 0 Å². The number of carbonyl (C=O) groups is 2. The van der Waals surface area contributed by atoms with Crippen molar-refractivity contribution in [2.45, 2.75) is 19.8 Å². The number of nitrogens with one attached hydrogen (secondary N) is 1. The molecule has 1 aromatic carbocycles. The molecule has 0 fully saturated rings. The normalized spacial score (nSPS) is 12.2. The number of phenols is 1. The maximum atomic E-state index is 11.6. The van der Waals surface area contributed by atoms with Crippen LogP contribution in [0.5, 0.6) is 5.75 Å². The number of aromatic hydroxyl groups is 1. The van der Waals surface area contributed by atoms with Gasteiger partial charge in [-0.1, -0.05) is 25.5 Å². The zero-order chi connectivity index (χ0) is 15.0. The monoisotopic (exact) mass is 277 g/mol. The van der Waals surface area contributed by atoms with E-state index in [1.54, 1.807) is 18.2 Å². The van der Waals surface area contributed by atoms with Gasteiger partial charge < -0.3 is 15.5 Å². The van der Waals surface area contributed by atoms with E-state index >= 15 is 0 Å². The first-order valence-electron chi connectivity index (χ1n) is 6.50. The standard InChI is InChI=1S/C15H19NO4/c1-2-3-12(15(19)20)10-16-14(18)9-6-11-4-7-13(17)8-5-11/h4-9,12,17H,2-3,10H2,1H3,(H,16,18)(H,19,20). The summed E-state index contributed by atoms with van der Waals surface area (Å²) in [5, 5.41) is 20.7. The maximum absolute atomic E-state index is 11.6. The molecule has 0 aromatic heterocycles. The first-order valence-corrected chi connectivity index (χ1v) is 6.50. The molecule has 0 aliphatic heterocycles. The van der Waals surface area contributed by atoms with Crippen LogP contribution in [0.25, 0.3) is 6.08 Å². The van der Waals surface area contributed by atoms with Crippen molar-refractivity contribution in [3.05, 3.63) is 35.9 Å². The first-order chi connectivity index (χ1) is 9.52. The number of aliphatic carboxylic acids is 1. The molecule has 1 amide bonds. The van der Waals surface area contributed by atoms with Gasteiger partial charge >= 0.3 is 5.97 Å². The lowest BCUT2D eigenvalue weighted by Gasteiger charge is -2.10.